The molecule has 7 heteroatoms. The predicted molar refractivity (Wildman–Crippen MR) is 106 cm³/mol. The third-order valence-corrected chi connectivity index (χ3v) is 4.73. The first-order valence-electron chi connectivity index (χ1n) is 8.46. The summed E-state index contributed by atoms with van der Waals surface area (Å²) in [6.45, 7) is 2.39. The van der Waals surface area contributed by atoms with Gasteiger partial charge in [0.1, 0.15) is 0 Å². The molecule has 3 amide bonds. The summed E-state index contributed by atoms with van der Waals surface area (Å²) in [4.78, 5) is 28.2. The van der Waals surface area contributed by atoms with Crippen molar-refractivity contribution >= 4 is 23.7 Å². The van der Waals surface area contributed by atoms with Crippen LogP contribution in [0.3, 0.4) is 0 Å². The largest absolute Gasteiger partial charge is 0.334 e. The average Bonchev–Trinajstić information content (AvgIpc) is 3.14. The topological polar surface area (TPSA) is 76.0 Å². The van der Waals surface area contributed by atoms with Crippen LogP contribution in [0.2, 0.25) is 0 Å². The third kappa shape index (κ3) is 5.46. The number of aromatic nitrogens is 2. The highest BCUT2D eigenvalue weighted by Crippen LogP contribution is 2.20. The van der Waals surface area contributed by atoms with Gasteiger partial charge >= 0.3 is 6.03 Å². The van der Waals surface area contributed by atoms with Gasteiger partial charge in [-0.2, -0.15) is 0 Å². The molecule has 1 heterocycles. The standard InChI is InChI=1S/C20H20N4O2S/c1-15-6-5-9-17(12-15)24-11-10-21-20(24)27-14-18(25)23-19(26)22-13-16-7-3-2-4-8-16/h2-12H,13-14H2,1H3,(H2,22,23,25,26). The number of aryl methyl sites for hydroxylation is 1. The molecule has 0 bridgehead atoms. The molecule has 2 aromatic carbocycles. The van der Waals surface area contributed by atoms with E-state index in [9.17, 15) is 9.59 Å². The summed E-state index contributed by atoms with van der Waals surface area (Å²) in [5, 5.41) is 5.69. The lowest BCUT2D eigenvalue weighted by Crippen LogP contribution is -2.39. The molecule has 0 saturated carbocycles. The number of urea groups is 1. The van der Waals surface area contributed by atoms with E-state index in [2.05, 4.69) is 15.6 Å². The smallest absolute Gasteiger partial charge is 0.321 e. The van der Waals surface area contributed by atoms with Gasteiger partial charge in [-0.25, -0.2) is 9.78 Å². The minimum atomic E-state index is -0.508. The Labute approximate surface area is 162 Å². The SMILES string of the molecule is Cc1cccc(-n2ccnc2SCC(=O)NC(=O)NCc2ccccc2)c1. The van der Waals surface area contributed by atoms with Crippen LogP contribution in [0, 0.1) is 6.92 Å². The van der Waals surface area contributed by atoms with E-state index in [1.807, 2.05) is 72.3 Å². The van der Waals surface area contributed by atoms with Gasteiger partial charge in [-0.3, -0.25) is 14.7 Å². The summed E-state index contributed by atoms with van der Waals surface area (Å²) in [5.41, 5.74) is 3.09. The molecule has 3 aromatic rings. The second-order valence-electron chi connectivity index (χ2n) is 5.92. The molecule has 0 spiro atoms. The van der Waals surface area contributed by atoms with Crippen molar-refractivity contribution in [2.45, 2.75) is 18.6 Å². The lowest BCUT2D eigenvalue weighted by atomic mass is 10.2. The Bertz CT molecular complexity index is 924. The first-order valence-corrected chi connectivity index (χ1v) is 9.45. The molecule has 0 aliphatic heterocycles. The van der Waals surface area contributed by atoms with E-state index in [0.29, 0.717) is 11.7 Å². The highest BCUT2D eigenvalue weighted by molar-refractivity contribution is 7.99. The number of hydrogen-bond acceptors (Lipinski definition) is 4. The molecule has 27 heavy (non-hydrogen) atoms. The molecule has 0 fully saturated rings. The Balaban J connectivity index is 1.50. The number of nitrogens with one attached hydrogen (secondary N) is 2. The van der Waals surface area contributed by atoms with Crippen LogP contribution in [-0.2, 0) is 11.3 Å². The van der Waals surface area contributed by atoms with E-state index in [1.54, 1.807) is 6.20 Å². The summed E-state index contributed by atoms with van der Waals surface area (Å²) in [5.74, 6) is -0.272. The van der Waals surface area contributed by atoms with Gasteiger partial charge in [0.25, 0.3) is 0 Å². The van der Waals surface area contributed by atoms with Gasteiger partial charge in [0.15, 0.2) is 5.16 Å². The van der Waals surface area contributed by atoms with Crippen LogP contribution >= 0.6 is 11.8 Å². The van der Waals surface area contributed by atoms with Crippen LogP contribution in [0.25, 0.3) is 5.69 Å². The van der Waals surface area contributed by atoms with Gasteiger partial charge in [0.05, 0.1) is 5.75 Å². The molecule has 0 atom stereocenters. The zero-order chi connectivity index (χ0) is 19.1. The zero-order valence-corrected chi connectivity index (χ0v) is 15.7. The second kappa shape index (κ2) is 9.05. The molecular formula is C20H20N4O2S. The molecule has 0 unspecified atom stereocenters. The summed E-state index contributed by atoms with van der Waals surface area (Å²) < 4.78 is 1.92. The summed E-state index contributed by atoms with van der Waals surface area (Å²) in [6.07, 6.45) is 3.54. The van der Waals surface area contributed by atoms with Crippen molar-refractivity contribution in [3.63, 3.8) is 0 Å². The molecule has 0 aliphatic rings. The summed E-state index contributed by atoms with van der Waals surface area (Å²) in [6, 6.07) is 17.0. The molecule has 0 aliphatic carbocycles. The average molecular weight is 380 g/mol. The molecule has 0 saturated heterocycles. The van der Waals surface area contributed by atoms with Gasteiger partial charge < -0.3 is 5.32 Å². The first-order chi connectivity index (χ1) is 13.1. The van der Waals surface area contributed by atoms with Crippen molar-refractivity contribution in [3.8, 4) is 5.69 Å². The van der Waals surface area contributed by atoms with E-state index in [-0.39, 0.29) is 11.7 Å². The van der Waals surface area contributed by atoms with E-state index >= 15 is 0 Å². The number of carbonyl (C=O) groups is 2. The van der Waals surface area contributed by atoms with Gasteiger partial charge in [0.2, 0.25) is 5.91 Å². The number of amides is 3. The highest BCUT2D eigenvalue weighted by atomic mass is 32.2. The third-order valence-electron chi connectivity index (χ3n) is 3.77. The van der Waals surface area contributed by atoms with Crippen molar-refractivity contribution in [1.29, 1.82) is 0 Å². The molecule has 138 valence electrons. The normalized spacial score (nSPS) is 10.4. The van der Waals surface area contributed by atoms with E-state index in [1.165, 1.54) is 11.8 Å². The van der Waals surface area contributed by atoms with Crippen LogP contribution in [0.4, 0.5) is 4.79 Å². The summed E-state index contributed by atoms with van der Waals surface area (Å²) >= 11 is 1.28. The van der Waals surface area contributed by atoms with Crippen molar-refractivity contribution in [2.75, 3.05) is 5.75 Å². The Morgan fingerprint density at radius 1 is 1.11 bits per heavy atom. The zero-order valence-electron chi connectivity index (χ0n) is 14.9. The molecule has 2 N–H and O–H groups in total. The first kappa shape index (κ1) is 18.7. The number of carbonyl (C=O) groups excluding carboxylic acids is 2. The molecule has 6 nitrogen and oxygen atoms in total. The monoisotopic (exact) mass is 380 g/mol. The van der Waals surface area contributed by atoms with E-state index in [4.69, 9.17) is 0 Å². The van der Waals surface area contributed by atoms with Crippen molar-refractivity contribution in [3.05, 3.63) is 78.1 Å². The van der Waals surface area contributed by atoms with E-state index in [0.717, 1.165) is 16.8 Å². The van der Waals surface area contributed by atoms with Crippen molar-refractivity contribution < 1.29 is 9.59 Å². The minimum absolute atomic E-state index is 0.0988. The lowest BCUT2D eigenvalue weighted by Gasteiger charge is -2.09. The van der Waals surface area contributed by atoms with Gasteiger partial charge in [-0.1, -0.05) is 54.2 Å². The van der Waals surface area contributed by atoms with E-state index < -0.39 is 6.03 Å². The Hall–Kier alpha value is -3.06. The van der Waals surface area contributed by atoms with Crippen LogP contribution in [-0.4, -0.2) is 27.2 Å². The number of benzene rings is 2. The van der Waals surface area contributed by atoms with Crippen LogP contribution < -0.4 is 10.6 Å². The Morgan fingerprint density at radius 2 is 1.93 bits per heavy atom. The minimum Gasteiger partial charge on any atom is -0.334 e. The number of imide groups is 1. The maximum Gasteiger partial charge on any atom is 0.321 e. The summed E-state index contributed by atoms with van der Waals surface area (Å²) in [7, 11) is 0. The van der Waals surface area contributed by atoms with Crippen LogP contribution in [0.1, 0.15) is 11.1 Å². The quantitative estimate of drug-likeness (QED) is 0.644. The highest BCUT2D eigenvalue weighted by Gasteiger charge is 2.11. The molecule has 3 rings (SSSR count). The number of imidazole rings is 1. The van der Waals surface area contributed by atoms with Gasteiger partial charge in [-0.05, 0) is 30.2 Å². The predicted octanol–water partition coefficient (Wildman–Crippen LogP) is 3.30. The molecule has 1 aromatic heterocycles. The fourth-order valence-electron chi connectivity index (χ4n) is 2.49. The maximum atomic E-state index is 12.0. The Morgan fingerprint density at radius 3 is 2.70 bits per heavy atom. The van der Waals surface area contributed by atoms with Crippen LogP contribution in [0.5, 0.6) is 0 Å². The van der Waals surface area contributed by atoms with Gasteiger partial charge in [0, 0.05) is 24.6 Å². The number of nitrogens with zero attached hydrogens (tertiary/aromatic N) is 2. The van der Waals surface area contributed by atoms with Crippen LogP contribution in [0.15, 0.2) is 72.1 Å². The maximum absolute atomic E-state index is 12.0. The fraction of sp³-hybridized carbons (Fsp3) is 0.150. The lowest BCUT2D eigenvalue weighted by molar-refractivity contribution is -0.117. The van der Waals surface area contributed by atoms with Crippen molar-refractivity contribution in [2.24, 2.45) is 0 Å². The fourth-order valence-corrected chi connectivity index (χ4v) is 3.26. The Kier molecular flexibility index (Phi) is 6.27. The van der Waals surface area contributed by atoms with Crippen molar-refractivity contribution in [1.82, 2.24) is 20.2 Å². The number of hydrogen-bond donors (Lipinski definition) is 2. The molecule has 0 radical (unpaired) electrons. The molecular weight excluding hydrogens is 360 g/mol. The number of thioether (sulfide) groups is 1. The van der Waals surface area contributed by atoms with Gasteiger partial charge in [-0.15, -0.1) is 0 Å². The number of rotatable bonds is 6. The second-order valence-corrected chi connectivity index (χ2v) is 6.87.